The van der Waals surface area contributed by atoms with Gasteiger partial charge in [-0.1, -0.05) is 23.7 Å². The van der Waals surface area contributed by atoms with Gasteiger partial charge in [-0.3, -0.25) is 4.79 Å². The maximum absolute atomic E-state index is 14.2. The fraction of sp³-hybridized carbons (Fsp3) is 0.280. The molecule has 0 saturated heterocycles. The van der Waals surface area contributed by atoms with Gasteiger partial charge < -0.3 is 10.1 Å². The summed E-state index contributed by atoms with van der Waals surface area (Å²) in [7, 11) is 1.77. The molecule has 0 fully saturated rings. The Morgan fingerprint density at radius 2 is 2.08 bits per heavy atom. The summed E-state index contributed by atoms with van der Waals surface area (Å²) >= 11 is 6.29. The van der Waals surface area contributed by atoms with Crippen LogP contribution in [0, 0.1) is 12.7 Å². The molecule has 0 aliphatic heterocycles. The van der Waals surface area contributed by atoms with Gasteiger partial charge in [0.2, 0.25) is 0 Å². The predicted molar refractivity (Wildman–Crippen MR) is 129 cm³/mol. The molecule has 4 rings (SSSR count). The van der Waals surface area contributed by atoms with Crippen LogP contribution in [0.1, 0.15) is 38.1 Å². The molecule has 2 aromatic carbocycles. The van der Waals surface area contributed by atoms with Crippen LogP contribution in [-0.4, -0.2) is 31.6 Å². The molecule has 7 nitrogen and oxygen atoms in total. The molecule has 0 bridgehead atoms. The first kappa shape index (κ1) is 24.1. The van der Waals surface area contributed by atoms with Crippen LogP contribution in [0.25, 0.3) is 22.3 Å². The smallest absolute Gasteiger partial charge is 0.321 e. The molecule has 2 aromatic heterocycles. The zero-order valence-electron chi connectivity index (χ0n) is 20.9. The third-order valence-corrected chi connectivity index (χ3v) is 5.86. The highest BCUT2D eigenvalue weighted by atomic mass is 35.5. The van der Waals surface area contributed by atoms with Gasteiger partial charge in [0.05, 0.1) is 12.4 Å². The monoisotopic (exact) mass is 518 g/mol. The molecule has 1 atom stereocenters. The Kier molecular flexibility index (Phi) is 6.53. The van der Waals surface area contributed by atoms with Gasteiger partial charge in [-0.05, 0) is 43.7 Å². The summed E-state index contributed by atoms with van der Waals surface area (Å²) in [5.41, 5.74) is 2.03. The van der Waals surface area contributed by atoms with Gasteiger partial charge in [-0.15, -0.1) is 0 Å². The number of hydrogen-bond donors (Lipinski definition) is 1. The molecular weight excluding hydrogens is 495 g/mol. The number of aromatic nitrogens is 4. The van der Waals surface area contributed by atoms with Crippen molar-refractivity contribution in [3.63, 3.8) is 0 Å². The number of benzene rings is 2. The van der Waals surface area contributed by atoms with Crippen molar-refractivity contribution in [1.82, 2.24) is 25.1 Å². The normalized spacial score (nSPS) is 13.8. The molecule has 0 aliphatic rings. The number of pyridine rings is 1. The average molecular weight is 519 g/mol. The van der Waals surface area contributed by atoms with Crippen molar-refractivity contribution in [2.75, 3.05) is 0 Å². The lowest BCUT2D eigenvalue weighted by molar-refractivity contribution is -0.143. The molecule has 36 heavy (non-hydrogen) atoms. The first-order valence-corrected chi connectivity index (χ1v) is 11.2. The van der Waals surface area contributed by atoms with Crippen LogP contribution in [0.2, 0.25) is 5.02 Å². The highest BCUT2D eigenvalue weighted by Crippen LogP contribution is 2.34. The molecule has 188 valence electrons. The molecular formula is C25H23ClF3N5O2. The Labute approximate surface area is 211 Å². The maximum Gasteiger partial charge on any atom is 0.321 e. The lowest BCUT2D eigenvalue weighted by atomic mass is 10.0. The van der Waals surface area contributed by atoms with E-state index >= 15 is 0 Å². The molecule has 2 heterocycles. The fourth-order valence-corrected chi connectivity index (χ4v) is 4.03. The number of hydrogen-bond acceptors (Lipinski definition) is 5. The zero-order valence-corrected chi connectivity index (χ0v) is 20.6. The molecule has 0 saturated carbocycles. The van der Waals surface area contributed by atoms with Gasteiger partial charge >= 0.3 is 5.92 Å². The summed E-state index contributed by atoms with van der Waals surface area (Å²) in [6.45, 7) is 3.13. The number of carbonyl (C=O) groups excluding carboxylic acids is 1. The Morgan fingerprint density at radius 1 is 1.33 bits per heavy atom. The first-order valence-electron chi connectivity index (χ1n) is 11.3. The van der Waals surface area contributed by atoms with Crippen LogP contribution in [0.5, 0.6) is 5.75 Å². The first-order chi connectivity index (χ1) is 17.3. The van der Waals surface area contributed by atoms with E-state index in [1.54, 1.807) is 23.9 Å². The van der Waals surface area contributed by atoms with E-state index in [2.05, 4.69) is 15.1 Å². The topological polar surface area (TPSA) is 81.9 Å². The third kappa shape index (κ3) is 5.13. The average Bonchev–Trinajstić information content (AvgIpc) is 3.22. The van der Waals surface area contributed by atoms with Crippen molar-refractivity contribution in [1.29, 1.82) is 0 Å². The molecule has 0 aliphatic carbocycles. The largest absolute Gasteiger partial charge is 0.487 e. The van der Waals surface area contributed by atoms with E-state index in [1.807, 2.05) is 24.4 Å². The highest BCUT2D eigenvalue weighted by molar-refractivity contribution is 6.31. The number of rotatable bonds is 7. The second-order valence-corrected chi connectivity index (χ2v) is 8.75. The quantitative estimate of drug-likeness (QED) is 0.347. The molecule has 1 N–H and O–H groups in total. The van der Waals surface area contributed by atoms with E-state index < -0.39 is 23.7 Å². The van der Waals surface area contributed by atoms with E-state index in [4.69, 9.17) is 17.7 Å². The molecule has 0 unspecified atom stereocenters. The van der Waals surface area contributed by atoms with Crippen LogP contribution in [0.3, 0.4) is 0 Å². The van der Waals surface area contributed by atoms with E-state index in [0.29, 0.717) is 29.7 Å². The number of aryl methyl sites for hydroxylation is 2. The van der Waals surface area contributed by atoms with Crippen molar-refractivity contribution in [2.24, 2.45) is 7.05 Å². The lowest BCUT2D eigenvalue weighted by Crippen LogP contribution is -2.39. The van der Waals surface area contributed by atoms with Crippen LogP contribution >= 0.6 is 11.6 Å². The highest BCUT2D eigenvalue weighted by Gasteiger charge is 2.33. The van der Waals surface area contributed by atoms with Crippen molar-refractivity contribution in [3.05, 3.63) is 70.4 Å². The van der Waals surface area contributed by atoms with Crippen molar-refractivity contribution < 1.29 is 24.1 Å². The number of alkyl halides is 2. The van der Waals surface area contributed by atoms with E-state index in [9.17, 15) is 18.0 Å². The number of amides is 1. The molecule has 11 heteroatoms. The third-order valence-electron chi connectivity index (χ3n) is 5.52. The fourth-order valence-electron chi connectivity index (χ4n) is 3.77. The molecule has 0 spiro atoms. The summed E-state index contributed by atoms with van der Waals surface area (Å²) in [4.78, 5) is 20.8. The number of nitrogens with one attached hydrogen (secondary N) is 1. The summed E-state index contributed by atoms with van der Waals surface area (Å²) in [5.74, 6) is -5.21. The number of halogens is 4. The van der Waals surface area contributed by atoms with Gasteiger partial charge in [0.1, 0.15) is 30.0 Å². The van der Waals surface area contributed by atoms with Crippen molar-refractivity contribution in [2.45, 2.75) is 39.3 Å². The minimum atomic E-state index is -3.73. The Hall–Kier alpha value is -3.66. The van der Waals surface area contributed by atoms with Gasteiger partial charge in [-0.2, -0.15) is 13.9 Å². The van der Waals surface area contributed by atoms with Crippen LogP contribution < -0.4 is 10.1 Å². The Balaban J connectivity index is 1.74. The maximum atomic E-state index is 14.2. The van der Waals surface area contributed by atoms with E-state index in [-0.39, 0.29) is 22.8 Å². The minimum absolute atomic E-state index is 0.0878. The van der Waals surface area contributed by atoms with Crippen molar-refractivity contribution in [3.8, 4) is 17.1 Å². The number of nitrogens with zero attached hydrogens (tertiary/aromatic N) is 4. The predicted octanol–water partition coefficient (Wildman–Crippen LogP) is 5.54. The van der Waals surface area contributed by atoms with Gasteiger partial charge in [0.15, 0.2) is 5.82 Å². The van der Waals surface area contributed by atoms with E-state index in [0.717, 1.165) is 30.0 Å². The van der Waals surface area contributed by atoms with Gasteiger partial charge in [0.25, 0.3) is 5.91 Å². The van der Waals surface area contributed by atoms with Gasteiger partial charge in [0, 0.05) is 36.2 Å². The van der Waals surface area contributed by atoms with Crippen LogP contribution in [0.4, 0.5) is 13.2 Å². The summed E-state index contributed by atoms with van der Waals surface area (Å²) in [5, 5.41) is 6.72. The SMILES string of the molecule is [2H][C@@](C)(NC(=O)C(C)(F)F)c1cc(F)cc(Cl)c1COc1cccc2c(-c3ncnn3C)cc(C)nc12. The lowest BCUT2D eigenvalue weighted by Gasteiger charge is -2.21. The zero-order chi connectivity index (χ0) is 27.1. The number of fused-ring (bicyclic) bond motifs is 1. The summed E-state index contributed by atoms with van der Waals surface area (Å²) in [6, 6.07) is 7.04. The molecule has 1 amide bonds. The number of carbonyl (C=O) groups is 1. The Bertz CT molecular complexity index is 1500. The van der Waals surface area contributed by atoms with Crippen molar-refractivity contribution >= 4 is 28.4 Å². The molecule has 0 radical (unpaired) electrons. The second-order valence-electron chi connectivity index (χ2n) is 8.34. The van der Waals surface area contributed by atoms with E-state index in [1.165, 1.54) is 6.33 Å². The number of ether oxygens (including phenoxy) is 1. The van der Waals surface area contributed by atoms with Crippen LogP contribution in [0.15, 0.2) is 42.7 Å². The minimum Gasteiger partial charge on any atom is -0.487 e. The summed E-state index contributed by atoms with van der Waals surface area (Å²) in [6.07, 6.45) is 1.44. The second kappa shape index (κ2) is 9.77. The summed E-state index contributed by atoms with van der Waals surface area (Å²) < 4.78 is 57.4. The number of para-hydroxylation sites is 1. The molecule has 4 aromatic rings. The standard InChI is InChI=1S/C25H23ClF3N5O2/c1-13-8-18(23-30-12-31-34(23)4)16-6-5-7-21(22(16)32-13)36-11-19-17(9-15(27)10-20(19)26)14(2)33-24(35)25(3,28)29/h5-10,12,14H,11H2,1-4H3,(H,33,35)/t14-/m0/s1/i14D. The van der Waals surface area contributed by atoms with Crippen LogP contribution in [-0.2, 0) is 18.4 Å². The Morgan fingerprint density at radius 3 is 2.75 bits per heavy atom. The van der Waals surface area contributed by atoms with Gasteiger partial charge in [-0.25, -0.2) is 19.0 Å².